The van der Waals surface area contributed by atoms with E-state index in [-0.39, 0.29) is 17.1 Å². The van der Waals surface area contributed by atoms with Gasteiger partial charge in [0.05, 0.1) is 6.04 Å². The van der Waals surface area contributed by atoms with Crippen LogP contribution in [0.2, 0.25) is 0 Å². The van der Waals surface area contributed by atoms with Crippen LogP contribution >= 0.6 is 0 Å². The molecule has 0 spiro atoms. The van der Waals surface area contributed by atoms with Crippen molar-refractivity contribution in [3.05, 3.63) is 35.6 Å². The Hall–Kier alpha value is -1.42. The summed E-state index contributed by atoms with van der Waals surface area (Å²) in [6.07, 6.45) is 2.36. The lowest BCUT2D eigenvalue weighted by Crippen LogP contribution is -2.50. The first-order valence-electron chi connectivity index (χ1n) is 7.56. The molecular formula is C17H25FN2O. The van der Waals surface area contributed by atoms with Crippen molar-refractivity contribution in [3.63, 3.8) is 0 Å². The molecular weight excluding hydrogens is 267 g/mol. The fourth-order valence-electron chi connectivity index (χ4n) is 2.22. The van der Waals surface area contributed by atoms with Crippen LogP contribution < -0.4 is 5.73 Å². The third-order valence-corrected chi connectivity index (χ3v) is 3.97. The second-order valence-electron chi connectivity index (χ2n) is 7.13. The van der Waals surface area contributed by atoms with E-state index in [4.69, 9.17) is 5.73 Å². The molecule has 0 aromatic heterocycles. The summed E-state index contributed by atoms with van der Waals surface area (Å²) < 4.78 is 13.0. The summed E-state index contributed by atoms with van der Waals surface area (Å²) in [5.74, 6) is 0.325. The van der Waals surface area contributed by atoms with Crippen molar-refractivity contribution >= 4 is 5.91 Å². The maximum Gasteiger partial charge on any atom is 0.240 e. The monoisotopic (exact) mass is 292 g/mol. The maximum atomic E-state index is 13.0. The quantitative estimate of drug-likeness (QED) is 0.907. The van der Waals surface area contributed by atoms with Crippen LogP contribution in [0.15, 0.2) is 24.3 Å². The first-order chi connectivity index (χ1) is 9.77. The topological polar surface area (TPSA) is 46.3 Å². The Kier molecular flexibility index (Phi) is 4.67. The number of amides is 1. The highest BCUT2D eigenvalue weighted by Crippen LogP contribution is 2.31. The predicted molar refractivity (Wildman–Crippen MR) is 82.0 cm³/mol. The fourth-order valence-corrected chi connectivity index (χ4v) is 2.22. The van der Waals surface area contributed by atoms with Gasteiger partial charge in [0.1, 0.15) is 5.82 Å². The Balaban J connectivity index is 2.10. The van der Waals surface area contributed by atoms with Crippen LogP contribution in [0.5, 0.6) is 0 Å². The summed E-state index contributed by atoms with van der Waals surface area (Å²) in [5, 5.41) is 0. The molecule has 0 bridgehead atoms. The number of nitrogens with zero attached hydrogens (tertiary/aromatic N) is 1. The van der Waals surface area contributed by atoms with Gasteiger partial charge in [-0.2, -0.15) is 0 Å². The number of nitrogens with two attached hydrogens (primary N) is 1. The normalized spacial score (nSPS) is 16.6. The SMILES string of the molecule is CC(C)(C)[C@H](N)C(=O)N(Cc1ccc(F)cc1)CC1CC1. The summed E-state index contributed by atoms with van der Waals surface area (Å²) in [7, 11) is 0. The molecule has 1 aromatic carbocycles. The molecule has 1 aromatic rings. The summed E-state index contributed by atoms with van der Waals surface area (Å²) in [6, 6.07) is 5.80. The van der Waals surface area contributed by atoms with E-state index in [9.17, 15) is 9.18 Å². The number of benzene rings is 1. The molecule has 0 radical (unpaired) electrons. The zero-order valence-corrected chi connectivity index (χ0v) is 13.1. The molecule has 116 valence electrons. The van der Waals surface area contributed by atoms with Crippen LogP contribution in [0.1, 0.15) is 39.2 Å². The van der Waals surface area contributed by atoms with Gasteiger partial charge in [0, 0.05) is 13.1 Å². The Morgan fingerprint density at radius 2 is 1.90 bits per heavy atom. The average Bonchev–Trinajstić information content (AvgIpc) is 3.21. The molecule has 3 nitrogen and oxygen atoms in total. The van der Waals surface area contributed by atoms with Crippen LogP contribution in [0.25, 0.3) is 0 Å². The summed E-state index contributed by atoms with van der Waals surface area (Å²) in [4.78, 5) is 14.5. The second-order valence-corrected chi connectivity index (χ2v) is 7.13. The van der Waals surface area contributed by atoms with Gasteiger partial charge in [-0.05, 0) is 41.9 Å². The van der Waals surface area contributed by atoms with E-state index in [0.29, 0.717) is 12.5 Å². The standard InChI is InChI=1S/C17H25FN2O/c1-17(2,3)15(19)16(21)20(10-12-4-5-12)11-13-6-8-14(18)9-7-13/h6-9,12,15H,4-5,10-11,19H2,1-3H3/t15-/m1/s1. The van der Waals surface area contributed by atoms with Crippen molar-refractivity contribution in [3.8, 4) is 0 Å². The number of carbonyl (C=O) groups is 1. The van der Waals surface area contributed by atoms with Gasteiger partial charge >= 0.3 is 0 Å². The molecule has 2 rings (SSSR count). The zero-order chi connectivity index (χ0) is 15.6. The second kappa shape index (κ2) is 6.14. The predicted octanol–water partition coefficient (Wildman–Crippen LogP) is 2.94. The Labute approximate surface area is 126 Å². The van der Waals surface area contributed by atoms with Gasteiger partial charge in [0.25, 0.3) is 0 Å². The van der Waals surface area contributed by atoms with Crippen LogP contribution in [-0.4, -0.2) is 23.4 Å². The van der Waals surface area contributed by atoms with Crippen LogP contribution in [0.3, 0.4) is 0 Å². The van der Waals surface area contributed by atoms with E-state index in [1.54, 1.807) is 12.1 Å². The highest BCUT2D eigenvalue weighted by Gasteiger charge is 2.34. The molecule has 0 heterocycles. The van der Waals surface area contributed by atoms with Crippen LogP contribution in [0, 0.1) is 17.2 Å². The highest BCUT2D eigenvalue weighted by atomic mass is 19.1. The largest absolute Gasteiger partial charge is 0.337 e. The third kappa shape index (κ3) is 4.53. The lowest BCUT2D eigenvalue weighted by atomic mass is 9.86. The molecule has 4 heteroatoms. The number of carbonyl (C=O) groups excluding carboxylic acids is 1. The minimum absolute atomic E-state index is 0.0151. The van der Waals surface area contributed by atoms with Gasteiger partial charge < -0.3 is 10.6 Å². The summed E-state index contributed by atoms with van der Waals surface area (Å²) in [5.41, 5.74) is 6.79. The molecule has 2 N–H and O–H groups in total. The van der Waals surface area contributed by atoms with Gasteiger partial charge in [-0.25, -0.2) is 4.39 Å². The molecule has 0 aliphatic heterocycles. The van der Waals surface area contributed by atoms with E-state index in [1.165, 1.54) is 25.0 Å². The Bertz CT molecular complexity index is 489. The highest BCUT2D eigenvalue weighted by molar-refractivity contribution is 5.82. The smallest absolute Gasteiger partial charge is 0.240 e. The molecule has 1 fully saturated rings. The van der Waals surface area contributed by atoms with Gasteiger partial charge in [-0.1, -0.05) is 32.9 Å². The van der Waals surface area contributed by atoms with Crippen molar-refractivity contribution in [1.29, 1.82) is 0 Å². The number of hydrogen-bond acceptors (Lipinski definition) is 2. The van der Waals surface area contributed by atoms with Gasteiger partial charge in [0.2, 0.25) is 5.91 Å². The van der Waals surface area contributed by atoms with Crippen molar-refractivity contribution in [1.82, 2.24) is 4.90 Å². The minimum atomic E-state index is -0.517. The third-order valence-electron chi connectivity index (χ3n) is 3.97. The Morgan fingerprint density at radius 3 is 2.38 bits per heavy atom. The van der Waals surface area contributed by atoms with Gasteiger partial charge in [0.15, 0.2) is 0 Å². The summed E-state index contributed by atoms with van der Waals surface area (Å²) >= 11 is 0. The van der Waals surface area contributed by atoms with E-state index in [1.807, 2.05) is 25.7 Å². The van der Waals surface area contributed by atoms with Crippen LogP contribution in [0.4, 0.5) is 4.39 Å². The number of rotatable bonds is 5. The van der Waals surface area contributed by atoms with Gasteiger partial charge in [-0.3, -0.25) is 4.79 Å². The number of hydrogen-bond donors (Lipinski definition) is 1. The zero-order valence-electron chi connectivity index (χ0n) is 13.1. The van der Waals surface area contributed by atoms with E-state index >= 15 is 0 Å². The van der Waals surface area contributed by atoms with Crippen molar-refractivity contribution in [2.45, 2.75) is 46.2 Å². The lowest BCUT2D eigenvalue weighted by Gasteiger charge is -2.32. The van der Waals surface area contributed by atoms with Crippen LogP contribution in [-0.2, 0) is 11.3 Å². The first kappa shape index (κ1) is 16.0. The molecule has 1 saturated carbocycles. The fraction of sp³-hybridized carbons (Fsp3) is 0.588. The van der Waals surface area contributed by atoms with E-state index in [2.05, 4.69) is 0 Å². The molecule has 1 aliphatic carbocycles. The molecule has 1 aliphatic rings. The molecule has 0 saturated heterocycles. The molecule has 1 atom stereocenters. The minimum Gasteiger partial charge on any atom is -0.337 e. The van der Waals surface area contributed by atoms with Crippen molar-refractivity contribution in [2.75, 3.05) is 6.54 Å². The average molecular weight is 292 g/mol. The van der Waals surface area contributed by atoms with E-state index in [0.717, 1.165) is 12.1 Å². The van der Waals surface area contributed by atoms with Crippen molar-refractivity contribution < 1.29 is 9.18 Å². The maximum absolute atomic E-state index is 13.0. The first-order valence-corrected chi connectivity index (χ1v) is 7.56. The van der Waals surface area contributed by atoms with Gasteiger partial charge in [-0.15, -0.1) is 0 Å². The lowest BCUT2D eigenvalue weighted by molar-refractivity contribution is -0.135. The molecule has 0 unspecified atom stereocenters. The van der Waals surface area contributed by atoms with Crippen molar-refractivity contribution in [2.24, 2.45) is 17.1 Å². The molecule has 21 heavy (non-hydrogen) atoms. The van der Waals surface area contributed by atoms with E-state index < -0.39 is 6.04 Å². The summed E-state index contributed by atoms with van der Waals surface area (Å²) in [6.45, 7) is 7.17. The number of halogens is 1. The molecule has 1 amide bonds. The Morgan fingerprint density at radius 1 is 1.33 bits per heavy atom.